The first-order valence-electron chi connectivity index (χ1n) is 7.20. The smallest absolute Gasteiger partial charge is 0.0473 e. The number of nitrogens with zero attached hydrogens (tertiary/aromatic N) is 1. The van der Waals surface area contributed by atoms with Crippen molar-refractivity contribution < 1.29 is 0 Å². The average Bonchev–Trinajstić information content (AvgIpc) is 2.85. The molecule has 2 aromatic rings. The Bertz CT molecular complexity index is 482. The van der Waals surface area contributed by atoms with Crippen LogP contribution in [0.25, 0.3) is 0 Å². The molecule has 2 rings (SSSR count). The van der Waals surface area contributed by atoms with Crippen LogP contribution in [-0.4, -0.2) is 11.1 Å². The summed E-state index contributed by atoms with van der Waals surface area (Å²) in [6.45, 7) is 7.37. The van der Waals surface area contributed by atoms with E-state index in [0.717, 1.165) is 19.6 Å². The SMILES string of the molecule is CCCCNCc1cccn1Cc1ccc(C)cc1. The van der Waals surface area contributed by atoms with Crippen molar-refractivity contribution in [3.63, 3.8) is 0 Å². The maximum atomic E-state index is 3.50. The molecule has 0 saturated heterocycles. The molecule has 0 aliphatic carbocycles. The lowest BCUT2D eigenvalue weighted by atomic mass is 10.1. The van der Waals surface area contributed by atoms with Gasteiger partial charge in [-0.2, -0.15) is 0 Å². The van der Waals surface area contributed by atoms with E-state index in [4.69, 9.17) is 0 Å². The zero-order valence-corrected chi connectivity index (χ0v) is 12.0. The molecule has 0 atom stereocenters. The van der Waals surface area contributed by atoms with E-state index in [-0.39, 0.29) is 0 Å². The van der Waals surface area contributed by atoms with Crippen LogP contribution in [0, 0.1) is 6.92 Å². The summed E-state index contributed by atoms with van der Waals surface area (Å²) in [7, 11) is 0. The van der Waals surface area contributed by atoms with Gasteiger partial charge in [-0.1, -0.05) is 43.2 Å². The fourth-order valence-electron chi connectivity index (χ4n) is 2.17. The summed E-state index contributed by atoms with van der Waals surface area (Å²) in [6, 6.07) is 13.1. The van der Waals surface area contributed by atoms with Crippen molar-refractivity contribution in [2.24, 2.45) is 0 Å². The Morgan fingerprint density at radius 3 is 2.63 bits per heavy atom. The minimum Gasteiger partial charge on any atom is -0.346 e. The van der Waals surface area contributed by atoms with E-state index < -0.39 is 0 Å². The van der Waals surface area contributed by atoms with E-state index in [9.17, 15) is 0 Å². The first-order valence-corrected chi connectivity index (χ1v) is 7.20. The number of unbranched alkanes of at least 4 members (excludes halogenated alkanes) is 1. The van der Waals surface area contributed by atoms with Gasteiger partial charge in [-0.05, 0) is 37.6 Å². The van der Waals surface area contributed by atoms with Crippen LogP contribution in [0.5, 0.6) is 0 Å². The first kappa shape index (κ1) is 13.9. The van der Waals surface area contributed by atoms with Gasteiger partial charge in [-0.15, -0.1) is 0 Å². The molecule has 1 N–H and O–H groups in total. The molecule has 2 nitrogen and oxygen atoms in total. The molecule has 0 spiro atoms. The highest BCUT2D eigenvalue weighted by Gasteiger charge is 2.01. The van der Waals surface area contributed by atoms with Crippen molar-refractivity contribution >= 4 is 0 Å². The fraction of sp³-hybridized carbons (Fsp3) is 0.412. The molecular weight excluding hydrogens is 232 g/mol. The van der Waals surface area contributed by atoms with Crippen molar-refractivity contribution in [3.8, 4) is 0 Å². The van der Waals surface area contributed by atoms with Crippen LogP contribution < -0.4 is 5.32 Å². The van der Waals surface area contributed by atoms with Crippen molar-refractivity contribution in [1.82, 2.24) is 9.88 Å². The van der Waals surface area contributed by atoms with Gasteiger partial charge in [0.2, 0.25) is 0 Å². The summed E-state index contributed by atoms with van der Waals surface area (Å²) in [5.41, 5.74) is 4.03. The van der Waals surface area contributed by atoms with Crippen LogP contribution in [0.15, 0.2) is 42.6 Å². The maximum Gasteiger partial charge on any atom is 0.0473 e. The summed E-state index contributed by atoms with van der Waals surface area (Å²) in [6.07, 6.45) is 4.66. The number of aryl methyl sites for hydroxylation is 1. The summed E-state index contributed by atoms with van der Waals surface area (Å²) in [4.78, 5) is 0. The summed E-state index contributed by atoms with van der Waals surface area (Å²) >= 11 is 0. The Kier molecular flexibility index (Phi) is 5.22. The molecule has 0 amide bonds. The van der Waals surface area contributed by atoms with Gasteiger partial charge < -0.3 is 9.88 Å². The monoisotopic (exact) mass is 256 g/mol. The van der Waals surface area contributed by atoms with E-state index in [1.807, 2.05) is 0 Å². The molecule has 1 aromatic heterocycles. The van der Waals surface area contributed by atoms with Crippen LogP contribution in [0.4, 0.5) is 0 Å². The van der Waals surface area contributed by atoms with Crippen molar-refractivity contribution in [2.45, 2.75) is 39.8 Å². The molecule has 0 radical (unpaired) electrons. The quantitative estimate of drug-likeness (QED) is 0.747. The van der Waals surface area contributed by atoms with Gasteiger partial charge >= 0.3 is 0 Å². The van der Waals surface area contributed by atoms with Crippen LogP contribution >= 0.6 is 0 Å². The first-order chi connectivity index (χ1) is 9.29. The lowest BCUT2D eigenvalue weighted by Gasteiger charge is -2.10. The minimum atomic E-state index is 0.956. The molecule has 2 heteroatoms. The maximum absolute atomic E-state index is 3.50. The normalized spacial score (nSPS) is 10.8. The Morgan fingerprint density at radius 2 is 1.89 bits per heavy atom. The number of hydrogen-bond acceptors (Lipinski definition) is 1. The topological polar surface area (TPSA) is 17.0 Å². The summed E-state index contributed by atoms with van der Waals surface area (Å²) < 4.78 is 2.32. The van der Waals surface area contributed by atoms with Gasteiger partial charge in [-0.3, -0.25) is 0 Å². The minimum absolute atomic E-state index is 0.956. The van der Waals surface area contributed by atoms with E-state index >= 15 is 0 Å². The lowest BCUT2D eigenvalue weighted by molar-refractivity contribution is 0.610. The standard InChI is InChI=1S/C17H24N2/c1-3-4-11-18-13-17-6-5-12-19(17)14-16-9-7-15(2)8-10-16/h5-10,12,18H,3-4,11,13-14H2,1-2H3. The number of aromatic nitrogens is 1. The van der Waals surface area contributed by atoms with Gasteiger partial charge in [0.1, 0.15) is 0 Å². The zero-order valence-electron chi connectivity index (χ0n) is 12.0. The van der Waals surface area contributed by atoms with Crippen molar-refractivity contribution in [2.75, 3.05) is 6.54 Å². The number of rotatable bonds is 7. The van der Waals surface area contributed by atoms with Crippen molar-refractivity contribution in [1.29, 1.82) is 0 Å². The largest absolute Gasteiger partial charge is 0.346 e. The second-order valence-corrected chi connectivity index (χ2v) is 5.14. The highest BCUT2D eigenvalue weighted by Crippen LogP contribution is 2.09. The predicted molar refractivity (Wildman–Crippen MR) is 81.3 cm³/mol. The summed E-state index contributed by atoms with van der Waals surface area (Å²) in [5.74, 6) is 0. The number of benzene rings is 1. The molecule has 102 valence electrons. The Hall–Kier alpha value is -1.54. The number of hydrogen-bond donors (Lipinski definition) is 1. The molecular formula is C17H24N2. The van der Waals surface area contributed by atoms with Crippen LogP contribution in [0.1, 0.15) is 36.6 Å². The van der Waals surface area contributed by atoms with E-state index in [1.165, 1.54) is 29.7 Å². The molecule has 0 fully saturated rings. The lowest BCUT2D eigenvalue weighted by Crippen LogP contribution is -2.17. The third-order valence-electron chi connectivity index (χ3n) is 3.41. The van der Waals surface area contributed by atoms with Gasteiger partial charge in [0.25, 0.3) is 0 Å². The average molecular weight is 256 g/mol. The highest BCUT2D eigenvalue weighted by atomic mass is 15.0. The van der Waals surface area contributed by atoms with Crippen molar-refractivity contribution in [3.05, 3.63) is 59.4 Å². The Balaban J connectivity index is 1.93. The second kappa shape index (κ2) is 7.15. The van der Waals surface area contributed by atoms with Crippen LogP contribution in [0.3, 0.4) is 0 Å². The molecule has 0 aliphatic heterocycles. The van der Waals surface area contributed by atoms with Crippen LogP contribution in [-0.2, 0) is 13.1 Å². The third-order valence-corrected chi connectivity index (χ3v) is 3.41. The second-order valence-electron chi connectivity index (χ2n) is 5.14. The molecule has 19 heavy (non-hydrogen) atoms. The zero-order chi connectivity index (χ0) is 13.5. The third kappa shape index (κ3) is 4.25. The van der Waals surface area contributed by atoms with E-state index in [1.54, 1.807) is 0 Å². The van der Waals surface area contributed by atoms with Gasteiger partial charge in [0.05, 0.1) is 0 Å². The van der Waals surface area contributed by atoms with Gasteiger partial charge in [-0.25, -0.2) is 0 Å². The van der Waals surface area contributed by atoms with Crippen LogP contribution in [0.2, 0.25) is 0 Å². The molecule has 0 unspecified atom stereocenters. The number of nitrogens with one attached hydrogen (secondary N) is 1. The fourth-order valence-corrected chi connectivity index (χ4v) is 2.17. The Morgan fingerprint density at radius 1 is 1.11 bits per heavy atom. The molecule has 1 aromatic carbocycles. The summed E-state index contributed by atoms with van der Waals surface area (Å²) in [5, 5.41) is 3.50. The predicted octanol–water partition coefficient (Wildman–Crippen LogP) is 3.73. The molecule has 0 aliphatic rings. The van der Waals surface area contributed by atoms with E-state index in [2.05, 4.69) is 66.3 Å². The molecule has 1 heterocycles. The van der Waals surface area contributed by atoms with E-state index in [0.29, 0.717) is 0 Å². The van der Waals surface area contributed by atoms with Gasteiger partial charge in [0, 0.05) is 25.0 Å². The Labute approximate surface area is 116 Å². The molecule has 0 bridgehead atoms. The highest BCUT2D eigenvalue weighted by molar-refractivity contribution is 5.22. The molecule has 0 saturated carbocycles. The van der Waals surface area contributed by atoms with Gasteiger partial charge in [0.15, 0.2) is 0 Å².